The van der Waals surface area contributed by atoms with Gasteiger partial charge < -0.3 is 16.0 Å². The van der Waals surface area contributed by atoms with Crippen LogP contribution in [0.5, 0.6) is 0 Å². The zero-order valence-corrected chi connectivity index (χ0v) is 10.8. The molecular weight excluding hydrogens is 214 g/mol. The molecule has 2 fully saturated rings. The Kier molecular flexibility index (Phi) is 4.40. The van der Waals surface area contributed by atoms with Crippen molar-refractivity contribution >= 4 is 5.91 Å². The Morgan fingerprint density at radius 2 is 1.76 bits per heavy atom. The normalized spacial score (nSPS) is 23.8. The van der Waals surface area contributed by atoms with Crippen molar-refractivity contribution in [3.05, 3.63) is 0 Å². The Bertz CT molecular complexity index is 255. The average molecular weight is 239 g/mol. The molecular formula is C13H25N3O. The maximum absolute atomic E-state index is 11.7. The summed E-state index contributed by atoms with van der Waals surface area (Å²) in [6.07, 6.45) is 5.06. The smallest absolute Gasteiger partial charge is 0.239 e. The Morgan fingerprint density at radius 3 is 2.24 bits per heavy atom. The van der Waals surface area contributed by atoms with Crippen LogP contribution in [-0.4, -0.2) is 43.0 Å². The van der Waals surface area contributed by atoms with Crippen LogP contribution in [0.3, 0.4) is 0 Å². The first-order valence-corrected chi connectivity index (χ1v) is 6.92. The third-order valence-electron chi connectivity index (χ3n) is 3.88. The average Bonchev–Trinajstić information content (AvgIpc) is 3.13. The Hall–Kier alpha value is -0.610. The highest BCUT2D eigenvalue weighted by Gasteiger charge is 2.25. The molecule has 1 amide bonds. The first kappa shape index (κ1) is 12.8. The summed E-state index contributed by atoms with van der Waals surface area (Å²) >= 11 is 0. The highest BCUT2D eigenvalue weighted by Crippen LogP contribution is 2.27. The van der Waals surface area contributed by atoms with Gasteiger partial charge in [0.25, 0.3) is 0 Å². The molecule has 0 radical (unpaired) electrons. The van der Waals surface area contributed by atoms with Crippen molar-refractivity contribution in [2.24, 2.45) is 17.6 Å². The molecule has 3 N–H and O–H groups in total. The molecule has 4 heteroatoms. The number of nitrogens with one attached hydrogen (secondary N) is 1. The summed E-state index contributed by atoms with van der Waals surface area (Å²) in [7, 11) is 0. The zero-order valence-electron chi connectivity index (χ0n) is 10.8. The molecule has 1 unspecified atom stereocenters. The van der Waals surface area contributed by atoms with Crippen LogP contribution in [0.4, 0.5) is 0 Å². The molecule has 0 aromatic heterocycles. The third kappa shape index (κ3) is 3.96. The minimum atomic E-state index is -0.348. The van der Waals surface area contributed by atoms with E-state index in [1.165, 1.54) is 19.4 Å². The summed E-state index contributed by atoms with van der Waals surface area (Å²) in [6.45, 7) is 5.85. The molecule has 2 aliphatic rings. The van der Waals surface area contributed by atoms with Crippen molar-refractivity contribution in [1.82, 2.24) is 10.2 Å². The van der Waals surface area contributed by atoms with Crippen LogP contribution in [-0.2, 0) is 4.79 Å². The van der Waals surface area contributed by atoms with Crippen LogP contribution in [0.1, 0.15) is 32.6 Å². The fraction of sp³-hybridized carbons (Fsp3) is 0.923. The number of nitrogens with two attached hydrogens (primary N) is 1. The standard InChI is InChI=1S/C13H25N3O/c1-10(14)13(17)16-6-4-12(5-7-16)9-15-8-11-2-3-11/h10-12,15H,2-9,14H2,1H3. The Morgan fingerprint density at radius 1 is 1.24 bits per heavy atom. The van der Waals surface area contributed by atoms with E-state index in [0.717, 1.165) is 44.3 Å². The lowest BCUT2D eigenvalue weighted by Crippen LogP contribution is -2.47. The molecule has 1 aliphatic carbocycles. The monoisotopic (exact) mass is 239 g/mol. The van der Waals surface area contributed by atoms with Gasteiger partial charge in [-0.3, -0.25) is 4.79 Å². The lowest BCUT2D eigenvalue weighted by molar-refractivity contribution is -0.133. The second kappa shape index (κ2) is 5.83. The number of carbonyl (C=O) groups is 1. The van der Waals surface area contributed by atoms with Gasteiger partial charge in [-0.15, -0.1) is 0 Å². The van der Waals surface area contributed by atoms with Gasteiger partial charge in [-0.05, 0) is 57.5 Å². The Labute approximate surface area is 104 Å². The van der Waals surface area contributed by atoms with Crippen LogP contribution in [0, 0.1) is 11.8 Å². The molecule has 0 spiro atoms. The first-order valence-electron chi connectivity index (χ1n) is 6.92. The van der Waals surface area contributed by atoms with Crippen LogP contribution in [0.15, 0.2) is 0 Å². The van der Waals surface area contributed by atoms with E-state index < -0.39 is 0 Å². The van der Waals surface area contributed by atoms with Crippen molar-refractivity contribution < 1.29 is 4.79 Å². The molecule has 1 aliphatic heterocycles. The highest BCUT2D eigenvalue weighted by molar-refractivity contribution is 5.81. The van der Waals surface area contributed by atoms with Gasteiger partial charge in [0, 0.05) is 13.1 Å². The summed E-state index contributed by atoms with van der Waals surface area (Å²) in [5.41, 5.74) is 5.62. The van der Waals surface area contributed by atoms with Crippen molar-refractivity contribution in [3.8, 4) is 0 Å². The second-order valence-electron chi connectivity index (χ2n) is 5.66. The highest BCUT2D eigenvalue weighted by atomic mass is 16.2. The molecule has 2 rings (SSSR count). The van der Waals surface area contributed by atoms with E-state index in [1.54, 1.807) is 6.92 Å². The second-order valence-corrected chi connectivity index (χ2v) is 5.66. The van der Waals surface area contributed by atoms with E-state index in [2.05, 4.69) is 5.32 Å². The number of amides is 1. The van der Waals surface area contributed by atoms with Crippen LogP contribution >= 0.6 is 0 Å². The van der Waals surface area contributed by atoms with Crippen molar-refractivity contribution in [1.29, 1.82) is 0 Å². The zero-order chi connectivity index (χ0) is 12.3. The number of rotatable bonds is 5. The van der Waals surface area contributed by atoms with Gasteiger partial charge in [0.15, 0.2) is 0 Å². The van der Waals surface area contributed by atoms with Gasteiger partial charge in [0.1, 0.15) is 0 Å². The minimum absolute atomic E-state index is 0.106. The fourth-order valence-corrected chi connectivity index (χ4v) is 2.46. The van der Waals surface area contributed by atoms with E-state index >= 15 is 0 Å². The van der Waals surface area contributed by atoms with E-state index in [1.807, 2.05) is 4.90 Å². The van der Waals surface area contributed by atoms with Crippen LogP contribution in [0.2, 0.25) is 0 Å². The van der Waals surface area contributed by atoms with Gasteiger partial charge in [-0.25, -0.2) is 0 Å². The lowest BCUT2D eigenvalue weighted by Gasteiger charge is -2.33. The fourth-order valence-electron chi connectivity index (χ4n) is 2.46. The van der Waals surface area contributed by atoms with Gasteiger partial charge in [-0.2, -0.15) is 0 Å². The number of hydrogen-bond donors (Lipinski definition) is 2. The molecule has 4 nitrogen and oxygen atoms in total. The van der Waals surface area contributed by atoms with Crippen molar-refractivity contribution in [2.75, 3.05) is 26.2 Å². The summed E-state index contributed by atoms with van der Waals surface area (Å²) in [5, 5.41) is 3.56. The van der Waals surface area contributed by atoms with E-state index in [0.29, 0.717) is 0 Å². The maximum atomic E-state index is 11.7. The van der Waals surface area contributed by atoms with Crippen LogP contribution < -0.4 is 11.1 Å². The van der Waals surface area contributed by atoms with Crippen LogP contribution in [0.25, 0.3) is 0 Å². The number of carbonyl (C=O) groups excluding carboxylic acids is 1. The SMILES string of the molecule is CC(N)C(=O)N1CCC(CNCC2CC2)CC1. The molecule has 98 valence electrons. The third-order valence-corrected chi connectivity index (χ3v) is 3.88. The van der Waals surface area contributed by atoms with Gasteiger partial charge in [0.2, 0.25) is 5.91 Å². The molecule has 1 heterocycles. The number of likely N-dealkylation sites (tertiary alicyclic amines) is 1. The van der Waals surface area contributed by atoms with E-state index in [-0.39, 0.29) is 11.9 Å². The summed E-state index contributed by atoms with van der Waals surface area (Å²) in [6, 6.07) is -0.348. The maximum Gasteiger partial charge on any atom is 0.239 e. The van der Waals surface area contributed by atoms with E-state index in [9.17, 15) is 4.79 Å². The topological polar surface area (TPSA) is 58.4 Å². The number of hydrogen-bond acceptors (Lipinski definition) is 3. The molecule has 0 aromatic carbocycles. The Balaban J connectivity index is 1.61. The number of nitrogens with zero attached hydrogens (tertiary/aromatic N) is 1. The molecule has 17 heavy (non-hydrogen) atoms. The van der Waals surface area contributed by atoms with Gasteiger partial charge in [0.05, 0.1) is 6.04 Å². The van der Waals surface area contributed by atoms with Crippen molar-refractivity contribution in [3.63, 3.8) is 0 Å². The number of piperidine rings is 1. The molecule has 1 saturated carbocycles. The predicted molar refractivity (Wildman–Crippen MR) is 68.5 cm³/mol. The largest absolute Gasteiger partial charge is 0.341 e. The molecule has 1 saturated heterocycles. The van der Waals surface area contributed by atoms with Crippen molar-refractivity contribution in [2.45, 2.75) is 38.6 Å². The summed E-state index contributed by atoms with van der Waals surface area (Å²) < 4.78 is 0. The molecule has 0 aromatic rings. The summed E-state index contributed by atoms with van der Waals surface area (Å²) in [5.74, 6) is 1.80. The van der Waals surface area contributed by atoms with Gasteiger partial charge >= 0.3 is 0 Å². The first-order chi connectivity index (χ1) is 8.16. The molecule has 1 atom stereocenters. The molecule has 0 bridgehead atoms. The van der Waals surface area contributed by atoms with E-state index in [4.69, 9.17) is 5.73 Å². The minimum Gasteiger partial charge on any atom is -0.341 e. The lowest BCUT2D eigenvalue weighted by atomic mass is 9.96. The quantitative estimate of drug-likeness (QED) is 0.737. The predicted octanol–water partition coefficient (Wildman–Crippen LogP) is 0.572. The summed E-state index contributed by atoms with van der Waals surface area (Å²) in [4.78, 5) is 13.6. The van der Waals surface area contributed by atoms with Gasteiger partial charge in [-0.1, -0.05) is 0 Å².